The smallest absolute Gasteiger partial charge is 0.0541 e. The first-order valence-electron chi connectivity index (χ1n) is 28.3. The maximum absolute atomic E-state index is 2.47. The molecule has 0 fully saturated rings. The SMILES string of the molecule is CC1(C)/C=C/C=C\C=C\c2cc(C(CCc3cccc(-c4cccc(-c5ccc6c(c5)c5ccccc5n6-c5ccc(-c6ccccc6)c(C(c6ccccc6)c6ccccc6)c5)c4)c3)c3cccc(-c4ccccc4)c3)ccc21. The number of aromatic nitrogens is 1. The van der Waals surface area contributed by atoms with E-state index in [4.69, 9.17) is 0 Å². The highest BCUT2D eigenvalue weighted by molar-refractivity contribution is 6.10. The van der Waals surface area contributed by atoms with Crippen LogP contribution in [-0.2, 0) is 11.8 Å². The number of nitrogens with zero attached hydrogens (tertiary/aromatic N) is 1. The van der Waals surface area contributed by atoms with Crippen LogP contribution in [0.25, 0.3) is 78.1 Å². The van der Waals surface area contributed by atoms with Gasteiger partial charge in [-0.15, -0.1) is 0 Å². The number of allylic oxidation sites excluding steroid dienone is 5. The molecule has 0 saturated heterocycles. The molecule has 1 heteroatoms. The highest BCUT2D eigenvalue weighted by atomic mass is 15.0. The molecular formula is C79H63N. The average Bonchev–Trinajstić information content (AvgIpc) is 4.13. The van der Waals surface area contributed by atoms with Crippen LogP contribution in [0.15, 0.2) is 303 Å². The Hall–Kier alpha value is -9.56. The molecule has 1 aliphatic carbocycles. The molecule has 12 aromatic rings. The molecule has 11 aromatic carbocycles. The molecule has 0 bridgehead atoms. The van der Waals surface area contributed by atoms with E-state index < -0.39 is 0 Å². The zero-order valence-electron chi connectivity index (χ0n) is 45.5. The van der Waals surface area contributed by atoms with E-state index in [0.29, 0.717) is 0 Å². The quantitative estimate of drug-likeness (QED) is 0.101. The van der Waals surface area contributed by atoms with E-state index in [1.54, 1.807) is 0 Å². The molecule has 13 rings (SSSR count). The Labute approximate surface area is 471 Å². The molecule has 1 heterocycles. The Balaban J connectivity index is 0.838. The summed E-state index contributed by atoms with van der Waals surface area (Å²) in [5.74, 6) is 0.226. The second-order valence-corrected chi connectivity index (χ2v) is 22.0. The first kappa shape index (κ1) is 50.0. The minimum absolute atomic E-state index is 0.0287. The van der Waals surface area contributed by atoms with E-state index in [9.17, 15) is 0 Å². The van der Waals surface area contributed by atoms with Crippen LogP contribution >= 0.6 is 0 Å². The largest absolute Gasteiger partial charge is 0.309 e. The summed E-state index contributed by atoms with van der Waals surface area (Å²) < 4.78 is 2.47. The van der Waals surface area contributed by atoms with Crippen LogP contribution in [0.4, 0.5) is 0 Å². The van der Waals surface area contributed by atoms with Crippen LogP contribution in [0.5, 0.6) is 0 Å². The normalized spacial score (nSPS) is 14.4. The van der Waals surface area contributed by atoms with Gasteiger partial charge in [-0.05, 0) is 138 Å². The van der Waals surface area contributed by atoms with Gasteiger partial charge >= 0.3 is 0 Å². The van der Waals surface area contributed by atoms with Gasteiger partial charge in [0.2, 0.25) is 0 Å². The van der Waals surface area contributed by atoms with Gasteiger partial charge in [0.25, 0.3) is 0 Å². The van der Waals surface area contributed by atoms with Gasteiger partial charge in [0, 0.05) is 33.7 Å². The highest BCUT2D eigenvalue weighted by Gasteiger charge is 2.25. The summed E-state index contributed by atoms with van der Waals surface area (Å²) in [5.41, 5.74) is 23.6. The average molecular weight is 1030 g/mol. The van der Waals surface area contributed by atoms with Gasteiger partial charge in [-0.25, -0.2) is 0 Å². The minimum Gasteiger partial charge on any atom is -0.309 e. The molecule has 384 valence electrons. The molecule has 0 spiro atoms. The molecule has 0 amide bonds. The van der Waals surface area contributed by atoms with Gasteiger partial charge in [-0.2, -0.15) is 0 Å². The topological polar surface area (TPSA) is 4.93 Å². The molecule has 1 unspecified atom stereocenters. The molecule has 0 aliphatic heterocycles. The fourth-order valence-corrected chi connectivity index (χ4v) is 12.5. The highest BCUT2D eigenvalue weighted by Crippen LogP contribution is 2.43. The van der Waals surface area contributed by atoms with Crippen molar-refractivity contribution < 1.29 is 0 Å². The fraction of sp³-hybridized carbons (Fsp3) is 0.0886. The summed E-state index contributed by atoms with van der Waals surface area (Å²) in [4.78, 5) is 0. The van der Waals surface area contributed by atoms with Crippen LogP contribution in [0, 0.1) is 0 Å². The summed E-state index contributed by atoms with van der Waals surface area (Å²) in [6.07, 6.45) is 15.1. The van der Waals surface area contributed by atoms with Crippen molar-refractivity contribution in [3.05, 3.63) is 348 Å². The lowest BCUT2D eigenvalue weighted by molar-refractivity contribution is 0.665. The number of aryl methyl sites for hydroxylation is 1. The molecule has 1 aromatic heterocycles. The molecule has 1 nitrogen and oxygen atoms in total. The third-order valence-electron chi connectivity index (χ3n) is 16.5. The minimum atomic E-state index is -0.0984. The van der Waals surface area contributed by atoms with E-state index >= 15 is 0 Å². The van der Waals surface area contributed by atoms with Crippen molar-refractivity contribution in [2.45, 2.75) is 43.9 Å². The summed E-state index contributed by atoms with van der Waals surface area (Å²) >= 11 is 0. The second-order valence-electron chi connectivity index (χ2n) is 22.0. The maximum atomic E-state index is 2.47. The molecule has 1 atom stereocenters. The molecule has 0 N–H and O–H groups in total. The zero-order valence-corrected chi connectivity index (χ0v) is 45.5. The standard InChI is InChI=1S/C79H63N/c1-79(2)49-20-4-3-9-33-68-53-67(42-47-75(68)79)70(66-38-23-35-62(52-66)57-25-10-5-11-26-57)45-41-56-24-21-34-61(50-56)63-36-22-37-64(51-63)65-43-48-77-73(54-65)72-39-18-19-40-76(72)80(77)69-44-46-71(58-27-12-6-13-28-58)74(55-69)78(59-29-14-7-15-30-59)60-31-16-8-17-32-60/h3-40,42-44,46-55,70,78H,41,45H2,1-2H3/b4-3-,33-9+,49-20+. The molecule has 0 radical (unpaired) electrons. The number of benzene rings is 11. The van der Waals surface area contributed by atoms with E-state index in [2.05, 4.69) is 328 Å². The van der Waals surface area contributed by atoms with Crippen molar-refractivity contribution in [2.24, 2.45) is 0 Å². The Bertz CT molecular complexity index is 4210. The van der Waals surface area contributed by atoms with Crippen molar-refractivity contribution >= 4 is 27.9 Å². The van der Waals surface area contributed by atoms with Crippen LogP contribution in [0.1, 0.15) is 76.6 Å². The van der Waals surface area contributed by atoms with Crippen molar-refractivity contribution in [1.82, 2.24) is 4.57 Å². The summed E-state index contributed by atoms with van der Waals surface area (Å²) in [6.45, 7) is 4.62. The van der Waals surface area contributed by atoms with Crippen LogP contribution < -0.4 is 0 Å². The monoisotopic (exact) mass is 1030 g/mol. The Morgan fingerprint density at radius 1 is 0.375 bits per heavy atom. The molecule has 0 saturated carbocycles. The fourth-order valence-electron chi connectivity index (χ4n) is 12.5. The van der Waals surface area contributed by atoms with E-state index in [1.807, 2.05) is 0 Å². The van der Waals surface area contributed by atoms with Gasteiger partial charge in [0.1, 0.15) is 0 Å². The number of hydrogen-bond acceptors (Lipinski definition) is 0. The third kappa shape index (κ3) is 10.1. The van der Waals surface area contributed by atoms with Gasteiger partial charge in [-0.3, -0.25) is 0 Å². The van der Waals surface area contributed by atoms with Crippen molar-refractivity contribution in [1.29, 1.82) is 0 Å². The van der Waals surface area contributed by atoms with Gasteiger partial charge in [0.15, 0.2) is 0 Å². The lowest BCUT2D eigenvalue weighted by Gasteiger charge is -2.26. The zero-order chi connectivity index (χ0) is 53.8. The predicted molar refractivity (Wildman–Crippen MR) is 340 cm³/mol. The lowest BCUT2D eigenvalue weighted by atomic mass is 9.78. The Kier molecular flexibility index (Phi) is 13.8. The van der Waals surface area contributed by atoms with E-state index in [1.165, 1.54) is 111 Å². The second kappa shape index (κ2) is 22.1. The van der Waals surface area contributed by atoms with Gasteiger partial charge < -0.3 is 4.57 Å². The van der Waals surface area contributed by atoms with Gasteiger partial charge in [0.05, 0.1) is 11.0 Å². The molecule has 80 heavy (non-hydrogen) atoms. The first-order chi connectivity index (χ1) is 39.4. The van der Waals surface area contributed by atoms with Crippen molar-refractivity contribution in [2.75, 3.05) is 0 Å². The molecular weight excluding hydrogens is 963 g/mol. The predicted octanol–water partition coefficient (Wildman–Crippen LogP) is 20.8. The molecule has 1 aliphatic rings. The summed E-state index contributed by atoms with van der Waals surface area (Å²) in [6, 6.07) is 101. The van der Waals surface area contributed by atoms with Crippen LogP contribution in [0.2, 0.25) is 0 Å². The van der Waals surface area contributed by atoms with Gasteiger partial charge in [-0.1, -0.05) is 287 Å². The summed E-state index contributed by atoms with van der Waals surface area (Å²) in [7, 11) is 0. The number of fused-ring (bicyclic) bond motifs is 4. The third-order valence-corrected chi connectivity index (χ3v) is 16.5. The van der Waals surface area contributed by atoms with E-state index in [-0.39, 0.29) is 17.3 Å². The first-order valence-corrected chi connectivity index (χ1v) is 28.3. The van der Waals surface area contributed by atoms with E-state index in [0.717, 1.165) is 18.5 Å². The number of rotatable bonds is 13. The van der Waals surface area contributed by atoms with Crippen molar-refractivity contribution in [3.63, 3.8) is 0 Å². The summed E-state index contributed by atoms with van der Waals surface area (Å²) in [5, 5.41) is 2.47. The Morgan fingerprint density at radius 2 is 0.938 bits per heavy atom. The maximum Gasteiger partial charge on any atom is 0.0541 e. The number of para-hydroxylation sites is 1. The Morgan fingerprint density at radius 3 is 1.68 bits per heavy atom. The lowest BCUT2D eigenvalue weighted by Crippen LogP contribution is -2.16. The van der Waals surface area contributed by atoms with Crippen LogP contribution in [0.3, 0.4) is 0 Å². The van der Waals surface area contributed by atoms with Crippen LogP contribution in [-0.4, -0.2) is 4.57 Å². The number of hydrogen-bond donors (Lipinski definition) is 0. The van der Waals surface area contributed by atoms with Crippen molar-refractivity contribution in [3.8, 4) is 50.2 Å².